The second-order valence-electron chi connectivity index (χ2n) is 6.23. The predicted molar refractivity (Wildman–Crippen MR) is 109 cm³/mol. The Morgan fingerprint density at radius 3 is 2.52 bits per heavy atom. The lowest BCUT2D eigenvalue weighted by atomic mass is 10.2. The molecule has 0 unspecified atom stereocenters. The first kappa shape index (κ1) is 17.2. The molecule has 4 nitrogen and oxygen atoms in total. The first-order chi connectivity index (χ1) is 13.2. The molecule has 4 rings (SSSR count). The van der Waals surface area contributed by atoms with Crippen molar-refractivity contribution in [2.75, 3.05) is 11.4 Å². The van der Waals surface area contributed by atoms with Crippen LogP contribution in [0.4, 0.5) is 5.69 Å². The van der Waals surface area contributed by atoms with Crippen LogP contribution in [0.2, 0.25) is 0 Å². The second kappa shape index (κ2) is 7.60. The maximum Gasteiger partial charge on any atom is 0.274 e. The van der Waals surface area contributed by atoms with Crippen molar-refractivity contribution in [3.8, 4) is 0 Å². The van der Waals surface area contributed by atoms with E-state index in [2.05, 4.69) is 5.32 Å². The minimum atomic E-state index is -0.292. The monoisotopic (exact) mass is 374 g/mol. The number of para-hydroxylation sites is 1. The lowest BCUT2D eigenvalue weighted by Crippen LogP contribution is -2.37. The Balaban J connectivity index is 1.65. The Kier molecular flexibility index (Phi) is 4.85. The van der Waals surface area contributed by atoms with Crippen molar-refractivity contribution in [2.24, 2.45) is 0 Å². The molecule has 0 atom stereocenters. The van der Waals surface area contributed by atoms with Gasteiger partial charge in [0, 0.05) is 22.7 Å². The van der Waals surface area contributed by atoms with Gasteiger partial charge in [-0.05, 0) is 47.7 Å². The van der Waals surface area contributed by atoms with Crippen LogP contribution < -0.4 is 10.2 Å². The van der Waals surface area contributed by atoms with E-state index in [-0.39, 0.29) is 17.5 Å². The molecule has 1 aliphatic rings. The largest absolute Gasteiger partial charge is 0.317 e. The number of hydrogen-bond acceptors (Lipinski definition) is 3. The smallest absolute Gasteiger partial charge is 0.274 e. The minimum Gasteiger partial charge on any atom is -0.317 e. The number of hydrogen-bond donors (Lipinski definition) is 1. The summed E-state index contributed by atoms with van der Waals surface area (Å²) in [5, 5.41) is 4.76. The number of fused-ring (bicyclic) bond motifs is 1. The van der Waals surface area contributed by atoms with Gasteiger partial charge in [0.1, 0.15) is 5.70 Å². The number of anilines is 1. The van der Waals surface area contributed by atoms with Gasteiger partial charge >= 0.3 is 0 Å². The van der Waals surface area contributed by atoms with Crippen molar-refractivity contribution >= 4 is 34.9 Å². The summed E-state index contributed by atoms with van der Waals surface area (Å²) in [5.41, 5.74) is 2.86. The summed E-state index contributed by atoms with van der Waals surface area (Å²) in [4.78, 5) is 28.5. The van der Waals surface area contributed by atoms with Gasteiger partial charge in [-0.25, -0.2) is 0 Å². The van der Waals surface area contributed by atoms with E-state index in [1.54, 1.807) is 35.2 Å². The van der Waals surface area contributed by atoms with E-state index in [4.69, 9.17) is 0 Å². The van der Waals surface area contributed by atoms with E-state index >= 15 is 0 Å². The zero-order valence-corrected chi connectivity index (χ0v) is 15.4. The lowest BCUT2D eigenvalue weighted by molar-refractivity contribution is -0.115. The van der Waals surface area contributed by atoms with Gasteiger partial charge in [-0.1, -0.05) is 42.5 Å². The highest BCUT2D eigenvalue weighted by molar-refractivity contribution is 7.10. The molecule has 0 saturated heterocycles. The van der Waals surface area contributed by atoms with Crippen molar-refractivity contribution in [1.29, 1.82) is 0 Å². The molecule has 2 heterocycles. The number of carbonyl (C=O) groups is 2. The Bertz CT molecular complexity index is 994. The van der Waals surface area contributed by atoms with Crippen LogP contribution in [0.3, 0.4) is 0 Å². The number of nitrogens with zero attached hydrogens (tertiary/aromatic N) is 1. The van der Waals surface area contributed by atoms with Crippen molar-refractivity contribution in [3.63, 3.8) is 0 Å². The van der Waals surface area contributed by atoms with Gasteiger partial charge in [0.15, 0.2) is 0 Å². The molecule has 1 aromatic heterocycles. The van der Waals surface area contributed by atoms with E-state index in [1.807, 2.05) is 47.8 Å². The van der Waals surface area contributed by atoms with E-state index in [9.17, 15) is 9.59 Å². The number of amides is 2. The lowest BCUT2D eigenvalue weighted by Gasteiger charge is -2.19. The second-order valence-corrected chi connectivity index (χ2v) is 7.21. The summed E-state index contributed by atoms with van der Waals surface area (Å²) in [6.45, 7) is 0.612. The predicted octanol–water partition coefficient (Wildman–Crippen LogP) is 4.11. The van der Waals surface area contributed by atoms with Gasteiger partial charge in [0.2, 0.25) is 0 Å². The van der Waals surface area contributed by atoms with Crippen molar-refractivity contribution in [2.45, 2.75) is 6.42 Å². The summed E-state index contributed by atoms with van der Waals surface area (Å²) in [5.74, 6) is -0.489. The molecule has 1 aliphatic heterocycles. The van der Waals surface area contributed by atoms with Gasteiger partial charge in [0.25, 0.3) is 11.8 Å². The first-order valence-corrected chi connectivity index (χ1v) is 9.62. The van der Waals surface area contributed by atoms with Crippen LogP contribution in [-0.4, -0.2) is 18.4 Å². The topological polar surface area (TPSA) is 49.4 Å². The summed E-state index contributed by atoms with van der Waals surface area (Å²) >= 11 is 1.52. The number of nitrogens with one attached hydrogen (secondary N) is 1. The van der Waals surface area contributed by atoms with Crippen LogP contribution in [0, 0.1) is 0 Å². The summed E-state index contributed by atoms with van der Waals surface area (Å²) in [6, 6.07) is 20.6. The molecule has 0 aliphatic carbocycles. The number of benzene rings is 2. The molecule has 2 aromatic carbocycles. The highest BCUT2D eigenvalue weighted by atomic mass is 32.1. The summed E-state index contributed by atoms with van der Waals surface area (Å²) in [6.07, 6.45) is 2.57. The Morgan fingerprint density at radius 2 is 1.74 bits per heavy atom. The Morgan fingerprint density at radius 1 is 0.963 bits per heavy atom. The average molecular weight is 374 g/mol. The van der Waals surface area contributed by atoms with E-state index < -0.39 is 0 Å². The third-order valence-electron chi connectivity index (χ3n) is 4.48. The molecule has 1 N–H and O–H groups in total. The quantitative estimate of drug-likeness (QED) is 0.699. The SMILES string of the molecule is O=C(N/C(=C/c1cccs1)C(=O)N1CCc2ccccc21)c1ccccc1. The maximum absolute atomic E-state index is 13.2. The molecule has 0 fully saturated rings. The molecule has 3 aromatic rings. The molecule has 0 bridgehead atoms. The zero-order valence-electron chi connectivity index (χ0n) is 14.6. The van der Waals surface area contributed by atoms with Crippen molar-refractivity contribution in [1.82, 2.24) is 5.32 Å². The van der Waals surface area contributed by atoms with Crippen LogP contribution in [0.5, 0.6) is 0 Å². The molecule has 0 spiro atoms. The Hall–Kier alpha value is -3.18. The van der Waals surface area contributed by atoms with E-state index in [1.165, 1.54) is 11.3 Å². The highest BCUT2D eigenvalue weighted by Crippen LogP contribution is 2.29. The van der Waals surface area contributed by atoms with Gasteiger partial charge in [-0.2, -0.15) is 0 Å². The van der Waals surface area contributed by atoms with Gasteiger partial charge in [0.05, 0.1) is 0 Å². The number of carbonyl (C=O) groups excluding carboxylic acids is 2. The molecule has 0 radical (unpaired) electrons. The van der Waals surface area contributed by atoms with Crippen LogP contribution >= 0.6 is 11.3 Å². The zero-order chi connectivity index (χ0) is 18.6. The molecular formula is C22H18N2O2S. The van der Waals surface area contributed by atoms with Crippen LogP contribution in [0.1, 0.15) is 20.8 Å². The van der Waals surface area contributed by atoms with Crippen molar-refractivity contribution < 1.29 is 9.59 Å². The standard InChI is InChI=1S/C22H18N2O2S/c25-21(17-8-2-1-3-9-17)23-19(15-18-10-6-14-27-18)22(26)24-13-12-16-7-4-5-11-20(16)24/h1-11,14-15H,12-13H2,(H,23,25)/b19-15+. The van der Waals surface area contributed by atoms with E-state index in [0.29, 0.717) is 12.1 Å². The summed E-state index contributed by atoms with van der Waals surface area (Å²) in [7, 11) is 0. The van der Waals surface area contributed by atoms with Crippen LogP contribution in [0.15, 0.2) is 77.8 Å². The van der Waals surface area contributed by atoms with Gasteiger partial charge in [-0.15, -0.1) is 11.3 Å². The average Bonchev–Trinajstić information content (AvgIpc) is 3.37. The maximum atomic E-state index is 13.2. The van der Waals surface area contributed by atoms with Gasteiger partial charge in [-0.3, -0.25) is 9.59 Å². The Labute approximate surface area is 161 Å². The molecule has 27 heavy (non-hydrogen) atoms. The molecule has 134 valence electrons. The van der Waals surface area contributed by atoms with Crippen LogP contribution in [-0.2, 0) is 11.2 Å². The normalized spacial score (nSPS) is 13.3. The number of thiophene rings is 1. The first-order valence-electron chi connectivity index (χ1n) is 8.74. The highest BCUT2D eigenvalue weighted by Gasteiger charge is 2.27. The fourth-order valence-electron chi connectivity index (χ4n) is 3.15. The van der Waals surface area contributed by atoms with Gasteiger partial charge < -0.3 is 10.2 Å². The number of rotatable bonds is 4. The van der Waals surface area contributed by atoms with Crippen LogP contribution in [0.25, 0.3) is 6.08 Å². The molecule has 5 heteroatoms. The third-order valence-corrected chi connectivity index (χ3v) is 5.30. The fourth-order valence-corrected chi connectivity index (χ4v) is 3.80. The third kappa shape index (κ3) is 3.68. The summed E-state index contributed by atoms with van der Waals surface area (Å²) < 4.78 is 0. The molecule has 2 amide bonds. The molecular weight excluding hydrogens is 356 g/mol. The van der Waals surface area contributed by atoms with Crippen molar-refractivity contribution in [3.05, 3.63) is 93.8 Å². The van der Waals surface area contributed by atoms with E-state index in [0.717, 1.165) is 22.5 Å². The minimum absolute atomic E-state index is 0.197. The fraction of sp³-hybridized carbons (Fsp3) is 0.0909. The molecule has 0 saturated carbocycles.